The molecule has 1 amide bonds. The van der Waals surface area contributed by atoms with E-state index in [1.165, 1.54) is 6.07 Å². The van der Waals surface area contributed by atoms with E-state index < -0.39 is 23.0 Å². The van der Waals surface area contributed by atoms with Crippen molar-refractivity contribution >= 4 is 11.6 Å². The van der Waals surface area contributed by atoms with Crippen LogP contribution in [0.3, 0.4) is 0 Å². The number of para-hydroxylation sites is 1. The van der Waals surface area contributed by atoms with Crippen LogP contribution in [0.5, 0.6) is 0 Å². The quantitative estimate of drug-likeness (QED) is 0.532. The molecule has 2 N–H and O–H groups in total. The Kier molecular flexibility index (Phi) is 1.94. The molecule has 1 atom stereocenters. The standard InChI is InChI=1S/C9H8N2O4/c12-8-9(13,5-11(14)15)6-3-1-2-4-7(6)10-8/h1-4,13H,5H2,(H,10,12)/t9-/m1/s1. The Labute approximate surface area is 84.7 Å². The number of carbonyl (C=O) groups excluding carboxylic acids is 1. The highest BCUT2D eigenvalue weighted by Crippen LogP contribution is 2.35. The van der Waals surface area contributed by atoms with Crippen molar-refractivity contribution in [2.45, 2.75) is 5.60 Å². The molecule has 0 bridgehead atoms. The van der Waals surface area contributed by atoms with Gasteiger partial charge in [-0.2, -0.15) is 0 Å². The number of fused-ring (bicyclic) bond motifs is 1. The molecule has 15 heavy (non-hydrogen) atoms. The average molecular weight is 208 g/mol. The van der Waals surface area contributed by atoms with Crippen LogP contribution >= 0.6 is 0 Å². The first kappa shape index (κ1) is 9.60. The van der Waals surface area contributed by atoms with Crippen LogP contribution < -0.4 is 5.32 Å². The van der Waals surface area contributed by atoms with Crippen molar-refractivity contribution in [3.63, 3.8) is 0 Å². The van der Waals surface area contributed by atoms with Gasteiger partial charge in [0.05, 0.1) is 0 Å². The number of rotatable bonds is 2. The highest BCUT2D eigenvalue weighted by molar-refractivity contribution is 6.04. The van der Waals surface area contributed by atoms with Crippen LogP contribution in [0.4, 0.5) is 5.69 Å². The van der Waals surface area contributed by atoms with E-state index in [-0.39, 0.29) is 5.56 Å². The number of aliphatic hydroxyl groups is 1. The smallest absolute Gasteiger partial charge is 0.268 e. The summed E-state index contributed by atoms with van der Waals surface area (Å²) in [5.41, 5.74) is -1.36. The first-order valence-electron chi connectivity index (χ1n) is 4.29. The fraction of sp³-hybridized carbons (Fsp3) is 0.222. The number of nitro groups is 1. The maximum absolute atomic E-state index is 11.4. The van der Waals surface area contributed by atoms with Crippen molar-refractivity contribution in [1.29, 1.82) is 0 Å². The molecule has 1 aliphatic rings. The third-order valence-electron chi connectivity index (χ3n) is 2.35. The lowest BCUT2D eigenvalue weighted by Gasteiger charge is -2.14. The van der Waals surface area contributed by atoms with Crippen LogP contribution in [0.25, 0.3) is 0 Å². The van der Waals surface area contributed by atoms with Gasteiger partial charge in [-0.15, -0.1) is 0 Å². The van der Waals surface area contributed by atoms with E-state index in [4.69, 9.17) is 0 Å². The lowest BCUT2D eigenvalue weighted by molar-refractivity contribution is -0.498. The minimum Gasteiger partial charge on any atom is -0.370 e. The second kappa shape index (κ2) is 3.03. The van der Waals surface area contributed by atoms with E-state index in [2.05, 4.69) is 5.32 Å². The monoisotopic (exact) mass is 208 g/mol. The molecular formula is C9H8N2O4. The van der Waals surface area contributed by atoms with Crippen LogP contribution in [0, 0.1) is 10.1 Å². The first-order valence-corrected chi connectivity index (χ1v) is 4.29. The topological polar surface area (TPSA) is 92.5 Å². The molecule has 1 heterocycles. The van der Waals surface area contributed by atoms with Crippen molar-refractivity contribution in [2.24, 2.45) is 0 Å². The summed E-state index contributed by atoms with van der Waals surface area (Å²) >= 11 is 0. The number of amides is 1. The zero-order chi connectivity index (χ0) is 11.1. The van der Waals surface area contributed by atoms with Gasteiger partial charge in [-0.1, -0.05) is 18.2 Å². The molecule has 0 aromatic heterocycles. The van der Waals surface area contributed by atoms with Gasteiger partial charge in [0, 0.05) is 16.2 Å². The average Bonchev–Trinajstić information content (AvgIpc) is 2.39. The lowest BCUT2D eigenvalue weighted by atomic mass is 9.96. The molecule has 78 valence electrons. The van der Waals surface area contributed by atoms with Gasteiger partial charge < -0.3 is 10.4 Å². The van der Waals surface area contributed by atoms with Gasteiger partial charge in [0.1, 0.15) is 0 Å². The summed E-state index contributed by atoms with van der Waals surface area (Å²) in [6, 6.07) is 6.38. The van der Waals surface area contributed by atoms with Crippen LogP contribution in [0.1, 0.15) is 5.56 Å². The highest BCUT2D eigenvalue weighted by atomic mass is 16.6. The van der Waals surface area contributed by atoms with Crippen LogP contribution in [0.2, 0.25) is 0 Å². The Morgan fingerprint density at radius 3 is 2.80 bits per heavy atom. The zero-order valence-corrected chi connectivity index (χ0v) is 7.64. The van der Waals surface area contributed by atoms with Crippen molar-refractivity contribution in [3.8, 4) is 0 Å². The molecule has 0 saturated carbocycles. The SMILES string of the molecule is O=C1Nc2ccccc2[C@]1(O)C[N+](=O)[O-]. The number of benzene rings is 1. The van der Waals surface area contributed by atoms with Gasteiger partial charge in [-0.05, 0) is 6.07 Å². The van der Waals surface area contributed by atoms with Gasteiger partial charge >= 0.3 is 0 Å². The Bertz CT molecular complexity index is 445. The summed E-state index contributed by atoms with van der Waals surface area (Å²) in [6.07, 6.45) is 0. The Balaban J connectivity index is 2.49. The van der Waals surface area contributed by atoms with Crippen molar-refractivity contribution in [3.05, 3.63) is 39.9 Å². The van der Waals surface area contributed by atoms with Gasteiger partial charge in [-0.25, -0.2) is 0 Å². The molecule has 1 aromatic carbocycles. The second-order valence-corrected chi connectivity index (χ2v) is 3.35. The minimum atomic E-state index is -2.04. The van der Waals surface area contributed by atoms with E-state index in [1.54, 1.807) is 18.2 Å². The number of anilines is 1. The maximum Gasteiger partial charge on any atom is 0.268 e. The molecule has 0 saturated heterocycles. The third kappa shape index (κ3) is 1.35. The predicted octanol–water partition coefficient (Wildman–Crippen LogP) is 0.103. The number of carbonyl (C=O) groups is 1. The van der Waals surface area contributed by atoms with Gasteiger partial charge in [0.15, 0.2) is 0 Å². The van der Waals surface area contributed by atoms with Crippen molar-refractivity contribution in [1.82, 2.24) is 0 Å². The maximum atomic E-state index is 11.4. The van der Waals surface area contributed by atoms with E-state index in [0.29, 0.717) is 5.69 Å². The zero-order valence-electron chi connectivity index (χ0n) is 7.64. The molecule has 2 rings (SSSR count). The van der Waals surface area contributed by atoms with Crippen molar-refractivity contribution in [2.75, 3.05) is 11.9 Å². The molecule has 0 aliphatic carbocycles. The predicted molar refractivity (Wildman–Crippen MR) is 50.8 cm³/mol. The Morgan fingerprint density at radius 1 is 1.47 bits per heavy atom. The normalized spacial score (nSPS) is 23.4. The molecule has 6 heteroatoms. The van der Waals surface area contributed by atoms with Crippen molar-refractivity contribution < 1.29 is 14.8 Å². The molecule has 1 aromatic rings. The molecule has 0 radical (unpaired) electrons. The van der Waals surface area contributed by atoms with Gasteiger partial charge in [0.25, 0.3) is 5.91 Å². The van der Waals surface area contributed by atoms with E-state index >= 15 is 0 Å². The van der Waals surface area contributed by atoms with E-state index in [0.717, 1.165) is 0 Å². The molecule has 6 nitrogen and oxygen atoms in total. The summed E-state index contributed by atoms with van der Waals surface area (Å²) in [5, 5.41) is 22.7. The Hall–Kier alpha value is -1.95. The number of nitrogens with one attached hydrogen (secondary N) is 1. The van der Waals surface area contributed by atoms with E-state index in [9.17, 15) is 20.0 Å². The lowest BCUT2D eigenvalue weighted by Crippen LogP contribution is -2.40. The van der Waals surface area contributed by atoms with E-state index in [1.807, 2.05) is 0 Å². The fourth-order valence-electron chi connectivity index (χ4n) is 1.64. The van der Waals surface area contributed by atoms with Crippen LogP contribution in [-0.2, 0) is 10.4 Å². The molecule has 1 aliphatic heterocycles. The third-order valence-corrected chi connectivity index (χ3v) is 2.35. The summed E-state index contributed by atoms with van der Waals surface area (Å²) in [4.78, 5) is 21.1. The van der Waals surface area contributed by atoms with Gasteiger partial charge in [0.2, 0.25) is 12.1 Å². The van der Waals surface area contributed by atoms with Crippen LogP contribution in [0.15, 0.2) is 24.3 Å². The fourth-order valence-corrected chi connectivity index (χ4v) is 1.64. The molecule has 0 unspecified atom stereocenters. The summed E-state index contributed by atoms with van der Waals surface area (Å²) < 4.78 is 0. The number of hydrogen-bond donors (Lipinski definition) is 2. The highest BCUT2D eigenvalue weighted by Gasteiger charge is 2.49. The first-order chi connectivity index (χ1) is 7.04. The van der Waals surface area contributed by atoms with Crippen LogP contribution in [-0.4, -0.2) is 22.5 Å². The summed E-state index contributed by atoms with van der Waals surface area (Å²) in [7, 11) is 0. The number of hydrogen-bond acceptors (Lipinski definition) is 4. The molecule has 0 fully saturated rings. The second-order valence-electron chi connectivity index (χ2n) is 3.35. The summed E-state index contributed by atoms with van der Waals surface area (Å²) in [6.45, 7) is -0.824. The van der Waals surface area contributed by atoms with Gasteiger partial charge in [-0.3, -0.25) is 14.9 Å². The minimum absolute atomic E-state index is 0.256. The molecular weight excluding hydrogens is 200 g/mol. The largest absolute Gasteiger partial charge is 0.370 e. The molecule has 0 spiro atoms. The Morgan fingerprint density at radius 2 is 2.13 bits per heavy atom. The summed E-state index contributed by atoms with van der Waals surface area (Å²) in [5.74, 6) is -0.750. The number of nitrogens with zero attached hydrogens (tertiary/aromatic N) is 1.